The summed E-state index contributed by atoms with van der Waals surface area (Å²) in [6.45, 7) is 12.1. The van der Waals surface area contributed by atoms with Gasteiger partial charge in [-0.2, -0.15) is 0 Å². The summed E-state index contributed by atoms with van der Waals surface area (Å²) in [5.74, 6) is 1.86. The first-order valence-electron chi connectivity index (χ1n) is 13.5. The minimum absolute atomic E-state index is 0.930. The monoisotopic (exact) mass is 642 g/mol. The van der Waals surface area contributed by atoms with E-state index in [2.05, 4.69) is 84.2 Å². The van der Waals surface area contributed by atoms with Crippen molar-refractivity contribution < 1.29 is 0 Å². The van der Waals surface area contributed by atoms with Crippen LogP contribution < -0.4 is 11.7 Å². The summed E-state index contributed by atoms with van der Waals surface area (Å²) in [4.78, 5) is 12.9. The van der Waals surface area contributed by atoms with Gasteiger partial charge in [0.05, 0.1) is 0 Å². The molecule has 0 nitrogen and oxygen atoms in total. The topological polar surface area (TPSA) is 0 Å². The fourth-order valence-electron chi connectivity index (χ4n) is 5.86. The van der Waals surface area contributed by atoms with Crippen LogP contribution in [0.1, 0.15) is 83.9 Å². The molecule has 4 heteroatoms. The molecule has 3 heterocycles. The fraction of sp³-hybridized carbons (Fsp3) is 0.714. The zero-order chi connectivity index (χ0) is 23.5. The Hall–Kier alpha value is 0.742. The van der Waals surface area contributed by atoms with Crippen molar-refractivity contribution in [2.24, 2.45) is 11.8 Å². The second-order valence-electron chi connectivity index (χ2n) is 11.5. The molecule has 0 aliphatic carbocycles. The summed E-state index contributed by atoms with van der Waals surface area (Å²) in [6.07, 6.45) is 11.2. The summed E-state index contributed by atoms with van der Waals surface area (Å²) >= 11 is -0.128. The van der Waals surface area contributed by atoms with Crippen molar-refractivity contribution in [2.45, 2.75) is 111 Å². The van der Waals surface area contributed by atoms with Gasteiger partial charge in [0, 0.05) is 0 Å². The van der Waals surface area contributed by atoms with Gasteiger partial charge in [-0.3, -0.25) is 0 Å². The van der Waals surface area contributed by atoms with E-state index in [1.165, 1.54) is 51.4 Å². The minimum atomic E-state index is -2.42. The van der Waals surface area contributed by atoms with Gasteiger partial charge in [-0.05, 0) is 0 Å². The molecule has 0 N–H and O–H groups in total. The van der Waals surface area contributed by atoms with Crippen molar-refractivity contribution in [1.29, 1.82) is 0 Å². The molecule has 1 aliphatic rings. The Morgan fingerprint density at radius 1 is 0.781 bits per heavy atom. The molecule has 2 aromatic rings. The van der Waals surface area contributed by atoms with Gasteiger partial charge in [0.1, 0.15) is 0 Å². The normalized spacial score (nSPS) is 19.8. The zero-order valence-corrected chi connectivity index (χ0v) is 28.8. The molecule has 3 rings (SSSR count). The molecule has 1 aliphatic heterocycles. The first-order valence-corrected chi connectivity index (χ1v) is 30.1. The number of hydrogen-bond donors (Lipinski definition) is 0. The van der Waals surface area contributed by atoms with Crippen molar-refractivity contribution in [2.75, 3.05) is 0 Å². The van der Waals surface area contributed by atoms with Gasteiger partial charge < -0.3 is 0 Å². The standard InChI is InChI=1S/C25H39GeS2.3CH3.Sn/c1-6-10-12-20(8-3)17-26(18-21(9-4)13-11-7-2)22-14-15-27-24(22)25-23(26)16-19(5)28-25;;;;/h14,16,20-21H,6-13,17-18H2,1-5H3;3*1H3;. The van der Waals surface area contributed by atoms with Crippen LogP contribution in [0.5, 0.6) is 0 Å². The predicted molar refractivity (Wildman–Crippen MR) is 157 cm³/mol. The van der Waals surface area contributed by atoms with Gasteiger partial charge in [-0.15, -0.1) is 0 Å². The van der Waals surface area contributed by atoms with Crippen LogP contribution in [0.2, 0.25) is 25.3 Å². The third-order valence-corrected chi connectivity index (χ3v) is 31.8. The molecule has 0 spiro atoms. The van der Waals surface area contributed by atoms with E-state index < -0.39 is 31.6 Å². The molecule has 2 unspecified atom stereocenters. The van der Waals surface area contributed by atoms with Gasteiger partial charge >= 0.3 is 216 Å². The van der Waals surface area contributed by atoms with Crippen molar-refractivity contribution in [3.63, 3.8) is 0 Å². The average molecular weight is 640 g/mol. The number of thiophene rings is 2. The first kappa shape index (κ1) is 27.3. The molecular formula is C28H48GeS2Sn. The number of unbranched alkanes of at least 4 members (excludes halogenated alkanes) is 2. The molecule has 0 amide bonds. The van der Waals surface area contributed by atoms with Crippen molar-refractivity contribution >= 4 is 66.0 Å². The summed E-state index contributed by atoms with van der Waals surface area (Å²) < 4.78 is 5.69. The Kier molecular flexibility index (Phi) is 9.95. The Morgan fingerprint density at radius 2 is 1.28 bits per heavy atom. The van der Waals surface area contributed by atoms with E-state index in [-0.39, 0.29) is 0 Å². The third-order valence-electron chi connectivity index (χ3n) is 7.92. The Bertz CT molecular complexity index is 855. The summed E-state index contributed by atoms with van der Waals surface area (Å²) in [5, 5.41) is 3.12. The Morgan fingerprint density at radius 3 is 1.75 bits per heavy atom. The quantitative estimate of drug-likeness (QED) is 0.193. The SMILES string of the molecule is CCCCC(CC)[CH2][Ge]1([CH2]C(CC)CCCC)[c]2cc(C)sc2-c2s[c]([Sn]([CH3])([CH3])[CH3])c[c]21. The molecule has 0 saturated carbocycles. The van der Waals surface area contributed by atoms with Crippen LogP contribution in [0.3, 0.4) is 0 Å². The van der Waals surface area contributed by atoms with Gasteiger partial charge in [-0.25, -0.2) is 0 Å². The van der Waals surface area contributed by atoms with Crippen LogP contribution >= 0.6 is 22.7 Å². The predicted octanol–water partition coefficient (Wildman–Crippen LogP) is 8.64. The molecular weight excluding hydrogens is 592 g/mol. The number of fused-ring (bicyclic) bond motifs is 3. The van der Waals surface area contributed by atoms with Gasteiger partial charge in [0.2, 0.25) is 0 Å². The third kappa shape index (κ3) is 5.75. The molecule has 0 saturated heterocycles. The molecule has 0 aromatic carbocycles. The molecule has 2 aromatic heterocycles. The van der Waals surface area contributed by atoms with Crippen molar-refractivity contribution in [3.8, 4) is 9.75 Å². The molecule has 0 radical (unpaired) electrons. The van der Waals surface area contributed by atoms with Gasteiger partial charge in [0.25, 0.3) is 0 Å². The summed E-state index contributed by atoms with van der Waals surface area (Å²) in [6, 6.07) is 5.52. The van der Waals surface area contributed by atoms with E-state index in [9.17, 15) is 0 Å². The molecule has 2 atom stereocenters. The molecule has 180 valence electrons. The number of aryl methyl sites for hydroxylation is 1. The van der Waals surface area contributed by atoms with E-state index in [1.807, 2.05) is 11.7 Å². The van der Waals surface area contributed by atoms with Crippen LogP contribution in [0.15, 0.2) is 12.1 Å². The van der Waals surface area contributed by atoms with Gasteiger partial charge in [0.15, 0.2) is 0 Å². The van der Waals surface area contributed by atoms with Crippen molar-refractivity contribution in [1.82, 2.24) is 0 Å². The van der Waals surface area contributed by atoms with Crippen LogP contribution in [0.25, 0.3) is 9.75 Å². The molecule has 0 bridgehead atoms. The molecule has 32 heavy (non-hydrogen) atoms. The van der Waals surface area contributed by atoms with Crippen LogP contribution in [-0.4, -0.2) is 31.6 Å². The second-order valence-corrected chi connectivity index (χ2v) is 37.8. The van der Waals surface area contributed by atoms with Gasteiger partial charge in [-0.1, -0.05) is 0 Å². The van der Waals surface area contributed by atoms with Crippen LogP contribution in [0.4, 0.5) is 0 Å². The Balaban J connectivity index is 2.14. The zero-order valence-electron chi connectivity index (χ0n) is 22.2. The van der Waals surface area contributed by atoms with E-state index in [1.54, 1.807) is 25.1 Å². The van der Waals surface area contributed by atoms with E-state index in [4.69, 9.17) is 0 Å². The van der Waals surface area contributed by atoms with Crippen LogP contribution in [0, 0.1) is 18.8 Å². The Labute approximate surface area is 214 Å². The average Bonchev–Trinajstić information content (AvgIpc) is 3.41. The fourth-order valence-corrected chi connectivity index (χ4v) is 30.8. The van der Waals surface area contributed by atoms with E-state index in [0.29, 0.717) is 0 Å². The summed E-state index contributed by atoms with van der Waals surface area (Å²) in [5.41, 5.74) is 0. The van der Waals surface area contributed by atoms with Crippen molar-refractivity contribution in [3.05, 3.63) is 17.0 Å². The number of hydrogen-bond acceptors (Lipinski definition) is 2. The maximum atomic E-state index is 2.83. The second kappa shape index (κ2) is 11.7. The summed E-state index contributed by atoms with van der Waals surface area (Å²) in [7, 11) is 0. The van der Waals surface area contributed by atoms with E-state index >= 15 is 0 Å². The maximum absolute atomic E-state index is 2.83. The first-order chi connectivity index (χ1) is 15.2. The van der Waals surface area contributed by atoms with E-state index in [0.717, 1.165) is 11.8 Å². The van der Waals surface area contributed by atoms with Crippen LogP contribution in [-0.2, 0) is 0 Å². The molecule has 0 fully saturated rings. The number of rotatable bonds is 13.